The monoisotopic (exact) mass is 958 g/mol. The van der Waals surface area contributed by atoms with Crippen molar-refractivity contribution < 1.29 is 52.6 Å². The normalized spacial score (nSPS) is 28.0. The van der Waals surface area contributed by atoms with E-state index in [1.165, 1.54) is 5.56 Å². The molecule has 0 radical (unpaired) electrons. The number of aliphatic carboxylic acids is 1. The number of hydrogen-bond acceptors (Lipinski definition) is 11. The van der Waals surface area contributed by atoms with Crippen molar-refractivity contribution in [3.05, 3.63) is 70.3 Å². The molecular weight excluding hydrogens is 867 g/mol. The molecule has 2 saturated heterocycles. The van der Waals surface area contributed by atoms with Crippen LogP contribution in [0.15, 0.2) is 42.5 Å². The smallest absolute Gasteiger partial charge is 0.308 e. The van der Waals surface area contributed by atoms with Gasteiger partial charge in [-0.3, -0.25) is 4.79 Å². The minimum atomic E-state index is -2.44. The van der Waals surface area contributed by atoms with Gasteiger partial charge in [0, 0.05) is 36.5 Å². The zero-order chi connectivity index (χ0) is 50.0. The van der Waals surface area contributed by atoms with Crippen LogP contribution in [0.1, 0.15) is 130 Å². The van der Waals surface area contributed by atoms with Gasteiger partial charge in [-0.2, -0.15) is 0 Å². The van der Waals surface area contributed by atoms with E-state index in [0.717, 1.165) is 53.2 Å². The van der Waals surface area contributed by atoms with Crippen molar-refractivity contribution >= 4 is 14.3 Å². The summed E-state index contributed by atoms with van der Waals surface area (Å²) in [6.45, 7) is 30.1. The Morgan fingerprint density at radius 1 is 0.925 bits per heavy atom. The fourth-order valence-electron chi connectivity index (χ4n) is 11.5. The average molecular weight is 958 g/mol. The summed E-state index contributed by atoms with van der Waals surface area (Å²) in [5.74, 6) is -3.07. The third-order valence-corrected chi connectivity index (χ3v) is 20.3. The number of carbonyl (C=O) groups is 1. The molecule has 2 aliphatic rings. The highest BCUT2D eigenvalue weighted by atomic mass is 28.4. The number of carboxylic acids is 1. The summed E-state index contributed by atoms with van der Waals surface area (Å²) in [6, 6.07) is 17.1. The number of likely N-dealkylation sites (N-methyl/N-ethyl adjacent to an activating group) is 1. The van der Waals surface area contributed by atoms with E-state index < -0.39 is 62.6 Å². The molecule has 2 aliphatic heterocycles. The van der Waals surface area contributed by atoms with Crippen molar-refractivity contribution in [1.29, 1.82) is 0 Å². The number of aryl methyl sites for hydroxylation is 3. The Bertz CT molecular complexity index is 1770. The summed E-state index contributed by atoms with van der Waals surface area (Å²) in [7, 11) is 3.31. The van der Waals surface area contributed by atoms with Crippen molar-refractivity contribution in [3.63, 3.8) is 0 Å². The van der Waals surface area contributed by atoms with Gasteiger partial charge >= 0.3 is 5.97 Å². The van der Waals surface area contributed by atoms with Crippen LogP contribution in [-0.4, -0.2) is 118 Å². The third kappa shape index (κ3) is 14.2. The predicted molar refractivity (Wildman–Crippen MR) is 267 cm³/mol. The highest BCUT2D eigenvalue weighted by Crippen LogP contribution is 2.47. The Kier molecular flexibility index (Phi) is 22.0. The number of ether oxygens (including phenoxy) is 7. The quantitative estimate of drug-likeness (QED) is 0.0528. The van der Waals surface area contributed by atoms with Gasteiger partial charge in [0.15, 0.2) is 20.9 Å². The van der Waals surface area contributed by atoms with E-state index >= 15 is 0 Å². The van der Waals surface area contributed by atoms with E-state index in [4.69, 9.17) is 37.6 Å². The topological polar surface area (TPSA) is 135 Å². The molecule has 0 aromatic heterocycles. The molecular formula is C54H91NO11Si. The molecule has 0 saturated carbocycles. The molecule has 382 valence electrons. The van der Waals surface area contributed by atoms with Gasteiger partial charge in [-0.1, -0.05) is 103 Å². The number of aliphatic hydroxyl groups is 1. The SMILES string of the molecule is CC[C@@H](OCOCc1ccccc1)[C@H](C)[C@@H]1O[C@H](c2c(C)cc(C)cc2C)O[C@@H]([C@H](C)C[C@@](C)(O[Si](CC)(CC)CC)[C@H](O[C@@H]2O[C@H](C)C[C@@H](N(C)C)[C@H]2OC)[C@@H](C)[C@H](O)[C@@H](C)C(=O)O)[C@@H]1C. The van der Waals surface area contributed by atoms with Gasteiger partial charge in [-0.15, -0.1) is 0 Å². The molecule has 2 aromatic carbocycles. The molecule has 2 aromatic rings. The highest BCUT2D eigenvalue weighted by molar-refractivity contribution is 6.73. The van der Waals surface area contributed by atoms with Gasteiger partial charge in [0.1, 0.15) is 12.9 Å². The van der Waals surface area contributed by atoms with Crippen molar-refractivity contribution in [2.45, 2.75) is 208 Å². The highest BCUT2D eigenvalue weighted by Gasteiger charge is 2.54. The van der Waals surface area contributed by atoms with Crippen molar-refractivity contribution in [2.75, 3.05) is 28.0 Å². The lowest BCUT2D eigenvalue weighted by Gasteiger charge is -2.53. The lowest BCUT2D eigenvalue weighted by Crippen LogP contribution is -2.62. The van der Waals surface area contributed by atoms with Crippen LogP contribution < -0.4 is 0 Å². The van der Waals surface area contributed by atoms with Crippen molar-refractivity contribution in [2.24, 2.45) is 29.6 Å². The zero-order valence-electron chi connectivity index (χ0n) is 44.4. The molecule has 2 N–H and O–H groups in total. The Balaban J connectivity index is 1.83. The molecule has 0 spiro atoms. The second-order valence-electron chi connectivity index (χ2n) is 20.8. The van der Waals surface area contributed by atoms with Gasteiger partial charge in [0.2, 0.25) is 0 Å². The first kappa shape index (κ1) is 57.3. The van der Waals surface area contributed by atoms with Crippen LogP contribution in [0.4, 0.5) is 0 Å². The van der Waals surface area contributed by atoms with Crippen LogP contribution in [-0.2, 0) is 49.0 Å². The summed E-state index contributed by atoms with van der Waals surface area (Å²) in [4.78, 5) is 14.7. The number of nitrogens with zero attached hydrogens (tertiary/aromatic N) is 1. The summed E-state index contributed by atoms with van der Waals surface area (Å²) >= 11 is 0. The maximum atomic E-state index is 12.5. The molecule has 4 rings (SSSR count). The summed E-state index contributed by atoms with van der Waals surface area (Å²) in [5.41, 5.74) is 4.49. The van der Waals surface area contributed by atoms with Crippen molar-refractivity contribution in [1.82, 2.24) is 4.90 Å². The van der Waals surface area contributed by atoms with Crippen LogP contribution in [0.2, 0.25) is 18.1 Å². The Morgan fingerprint density at radius 2 is 1.52 bits per heavy atom. The lowest BCUT2D eigenvalue weighted by molar-refractivity contribution is -0.309. The first-order chi connectivity index (χ1) is 31.6. The van der Waals surface area contributed by atoms with Gasteiger partial charge in [0.25, 0.3) is 0 Å². The molecule has 16 atom stereocenters. The predicted octanol–water partition coefficient (Wildman–Crippen LogP) is 10.6. The molecule has 12 nitrogen and oxygen atoms in total. The van der Waals surface area contributed by atoms with Gasteiger partial charge in [0.05, 0.1) is 54.7 Å². The fourth-order valence-corrected chi connectivity index (χ4v) is 14.6. The zero-order valence-corrected chi connectivity index (χ0v) is 45.4. The first-order valence-electron chi connectivity index (χ1n) is 25.3. The standard InChI is InChI=1S/C54H91NO11Si/c1-18-44(61-32-60-31-42-25-23-22-24-26-42)38(10)48-41(13)47(63-52(64-48)45-34(6)27-33(5)28-35(45)7)36(8)30-54(14,66-67(19-2,20-3)21-4)50(39(11)46(56)40(12)51(57)58)65-53-49(59-17)43(55(15)16)29-37(9)62-53/h22-28,36-41,43-44,46-50,52-53,56H,18-21,29-32H2,1-17H3,(H,57,58)/t36-,37-,38+,39+,40-,41+,43-,44-,46+,47+,48+,49-,50-,52-,53+,54-/m1/s1. The number of methoxy groups -OCH3 is 1. The lowest BCUT2D eigenvalue weighted by atomic mass is 9.74. The second kappa shape index (κ2) is 25.7. The number of hydrogen-bond donors (Lipinski definition) is 2. The molecule has 0 amide bonds. The molecule has 0 unspecified atom stereocenters. The van der Waals surface area contributed by atoms with Crippen molar-refractivity contribution in [3.8, 4) is 0 Å². The summed E-state index contributed by atoms with van der Waals surface area (Å²) < 4.78 is 54.9. The Labute approximate surface area is 406 Å². The van der Waals surface area contributed by atoms with E-state index in [1.54, 1.807) is 14.0 Å². The Hall–Kier alpha value is -2.27. The fraction of sp³-hybridized carbons (Fsp3) is 0.759. The van der Waals surface area contributed by atoms with Crippen LogP contribution in [0.5, 0.6) is 0 Å². The minimum absolute atomic E-state index is 0.00792. The Morgan fingerprint density at radius 3 is 2.06 bits per heavy atom. The number of benzene rings is 2. The summed E-state index contributed by atoms with van der Waals surface area (Å²) in [5, 5.41) is 22.3. The van der Waals surface area contributed by atoms with Gasteiger partial charge < -0.3 is 52.7 Å². The number of rotatable bonds is 26. The maximum Gasteiger partial charge on any atom is 0.308 e. The van der Waals surface area contributed by atoms with E-state index in [1.807, 2.05) is 58.3 Å². The molecule has 67 heavy (non-hydrogen) atoms. The van der Waals surface area contributed by atoms with Crippen LogP contribution in [0.25, 0.3) is 0 Å². The second-order valence-corrected chi connectivity index (χ2v) is 25.5. The minimum Gasteiger partial charge on any atom is -0.481 e. The van der Waals surface area contributed by atoms with E-state index in [-0.39, 0.29) is 55.0 Å². The van der Waals surface area contributed by atoms with Gasteiger partial charge in [-0.25, -0.2) is 0 Å². The molecule has 2 fully saturated rings. The number of carboxylic acid groups (broad SMARTS) is 1. The molecule has 2 heterocycles. The first-order valence-corrected chi connectivity index (χ1v) is 27.9. The number of aliphatic hydroxyl groups excluding tert-OH is 1. The third-order valence-electron chi connectivity index (χ3n) is 15.5. The van der Waals surface area contributed by atoms with E-state index in [2.05, 4.69) is 93.2 Å². The molecule has 0 aliphatic carbocycles. The van der Waals surface area contributed by atoms with Gasteiger partial charge in [-0.05, 0) is 116 Å². The van der Waals surface area contributed by atoms with Crippen LogP contribution in [0.3, 0.4) is 0 Å². The van der Waals surface area contributed by atoms with Crippen LogP contribution >= 0.6 is 0 Å². The molecule has 13 heteroatoms. The average Bonchev–Trinajstić information content (AvgIpc) is 3.29. The summed E-state index contributed by atoms with van der Waals surface area (Å²) in [6.07, 6.45) is -2.82. The molecule has 0 bridgehead atoms. The maximum absolute atomic E-state index is 12.5. The largest absolute Gasteiger partial charge is 0.481 e. The van der Waals surface area contributed by atoms with E-state index in [0.29, 0.717) is 13.0 Å². The van der Waals surface area contributed by atoms with Crippen LogP contribution in [0, 0.1) is 50.4 Å². The van der Waals surface area contributed by atoms with E-state index in [9.17, 15) is 15.0 Å².